The first-order valence-corrected chi connectivity index (χ1v) is 6.95. The van der Waals surface area contributed by atoms with Crippen molar-refractivity contribution in [2.45, 2.75) is 0 Å². The Balaban J connectivity index is 2.69. The Labute approximate surface area is 117 Å². The molecule has 100 valence electrons. The van der Waals surface area contributed by atoms with Crippen molar-refractivity contribution in [3.63, 3.8) is 0 Å². The third-order valence-corrected chi connectivity index (χ3v) is 5.20. The van der Waals surface area contributed by atoms with Crippen LogP contribution in [-0.4, -0.2) is 25.4 Å². The second kappa shape index (κ2) is 4.52. The Kier molecular flexibility index (Phi) is 3.29. The second-order valence-electron chi connectivity index (χ2n) is 3.48. The number of nitrogens with zero attached hydrogens (tertiary/aromatic N) is 1. The fourth-order valence-electron chi connectivity index (χ4n) is 1.55. The van der Waals surface area contributed by atoms with E-state index in [9.17, 15) is 18.0 Å². The number of benzene rings is 1. The fourth-order valence-corrected chi connectivity index (χ4v) is 3.46. The Bertz CT molecular complexity index is 725. The Morgan fingerprint density at radius 3 is 2.26 bits per heavy atom. The van der Waals surface area contributed by atoms with Gasteiger partial charge < -0.3 is 5.11 Å². The van der Waals surface area contributed by atoms with Crippen LogP contribution in [0, 0.1) is 0 Å². The van der Waals surface area contributed by atoms with Gasteiger partial charge in [-0.1, -0.05) is 35.3 Å². The van der Waals surface area contributed by atoms with E-state index in [4.69, 9.17) is 28.3 Å². The molecule has 0 saturated heterocycles. The van der Waals surface area contributed by atoms with Gasteiger partial charge in [-0.05, 0) is 12.1 Å². The number of carboxylic acid groups (broad SMARTS) is 1. The minimum Gasteiger partial charge on any atom is -0.478 e. The number of aromatic carboxylic acids is 1. The topological polar surface area (TPSA) is 91.8 Å². The summed E-state index contributed by atoms with van der Waals surface area (Å²) in [5.41, 5.74) is -0.663. The van der Waals surface area contributed by atoms with E-state index in [0.717, 1.165) is 0 Å². The minimum atomic E-state index is -4.34. The summed E-state index contributed by atoms with van der Waals surface area (Å²) in [6.07, 6.45) is 0. The molecule has 1 aromatic carbocycles. The summed E-state index contributed by atoms with van der Waals surface area (Å²) in [5, 5.41) is 8.34. The first-order valence-electron chi connectivity index (χ1n) is 4.75. The molecule has 0 unspecified atom stereocenters. The molecule has 0 aromatic heterocycles. The van der Waals surface area contributed by atoms with E-state index in [-0.39, 0.29) is 15.6 Å². The highest BCUT2D eigenvalue weighted by Crippen LogP contribution is 2.37. The third kappa shape index (κ3) is 1.99. The second-order valence-corrected chi connectivity index (χ2v) is 6.19. The number of sulfonamides is 1. The van der Waals surface area contributed by atoms with Crippen LogP contribution in [0.5, 0.6) is 0 Å². The summed E-state index contributed by atoms with van der Waals surface area (Å²) >= 11 is 11.0. The molecule has 1 aliphatic heterocycles. The fraction of sp³-hybridized carbons (Fsp3) is 0. The largest absolute Gasteiger partial charge is 0.478 e. The smallest absolute Gasteiger partial charge is 0.337 e. The number of hydrogen-bond donors (Lipinski definition) is 1. The first kappa shape index (κ1) is 13.9. The van der Waals surface area contributed by atoms with Crippen molar-refractivity contribution in [2.75, 3.05) is 4.31 Å². The molecule has 0 saturated carbocycles. The van der Waals surface area contributed by atoms with Gasteiger partial charge in [0.1, 0.15) is 5.03 Å². The van der Waals surface area contributed by atoms with Gasteiger partial charge in [0, 0.05) is 0 Å². The van der Waals surface area contributed by atoms with E-state index < -0.39 is 31.3 Å². The molecule has 19 heavy (non-hydrogen) atoms. The van der Waals surface area contributed by atoms with Crippen LogP contribution in [0.15, 0.2) is 33.7 Å². The molecule has 0 fully saturated rings. The lowest BCUT2D eigenvalue weighted by atomic mass is 10.2. The summed E-state index contributed by atoms with van der Waals surface area (Å²) < 4.78 is 23.3. The van der Waals surface area contributed by atoms with E-state index in [0.29, 0.717) is 0 Å². The van der Waals surface area contributed by atoms with Crippen molar-refractivity contribution in [1.29, 1.82) is 0 Å². The van der Waals surface area contributed by atoms with Crippen LogP contribution in [-0.2, 0) is 14.8 Å². The van der Waals surface area contributed by atoms with Crippen molar-refractivity contribution in [1.82, 2.24) is 0 Å². The number of amides is 1. The maximum absolute atomic E-state index is 11.9. The number of carboxylic acids is 1. The van der Waals surface area contributed by atoms with E-state index in [1.165, 1.54) is 24.3 Å². The number of anilines is 1. The maximum atomic E-state index is 11.9. The van der Waals surface area contributed by atoms with E-state index in [2.05, 4.69) is 0 Å². The summed E-state index contributed by atoms with van der Waals surface area (Å²) in [6.45, 7) is 0. The minimum absolute atomic E-state index is 0.279. The van der Waals surface area contributed by atoms with Crippen molar-refractivity contribution >= 4 is 50.8 Å². The summed E-state index contributed by atoms with van der Waals surface area (Å²) in [6, 6.07) is 5.14. The Morgan fingerprint density at radius 1 is 1.21 bits per heavy atom. The van der Waals surface area contributed by atoms with E-state index in [1.807, 2.05) is 0 Å². The average Bonchev–Trinajstić information content (AvgIpc) is 2.50. The number of para-hydroxylation sites is 1. The molecule has 6 nitrogen and oxygen atoms in total. The number of carbonyl (C=O) groups is 2. The van der Waals surface area contributed by atoms with Gasteiger partial charge >= 0.3 is 5.97 Å². The van der Waals surface area contributed by atoms with Gasteiger partial charge in [-0.25, -0.2) is 4.79 Å². The molecule has 0 bridgehead atoms. The van der Waals surface area contributed by atoms with Crippen LogP contribution < -0.4 is 4.31 Å². The number of hydrogen-bond acceptors (Lipinski definition) is 4. The molecular formula is C10H5Cl2NO5S. The molecule has 1 aromatic rings. The molecule has 1 amide bonds. The highest BCUT2D eigenvalue weighted by Gasteiger charge is 2.44. The van der Waals surface area contributed by atoms with Gasteiger partial charge in [0.25, 0.3) is 15.9 Å². The Hall–Kier alpha value is -1.57. The Morgan fingerprint density at radius 2 is 1.79 bits per heavy atom. The highest BCUT2D eigenvalue weighted by molar-refractivity contribution is 7.99. The summed E-state index contributed by atoms with van der Waals surface area (Å²) in [7, 11) is -4.34. The van der Waals surface area contributed by atoms with Gasteiger partial charge in [-0.3, -0.25) is 4.79 Å². The lowest BCUT2D eigenvalue weighted by Gasteiger charge is -2.17. The zero-order valence-electron chi connectivity index (χ0n) is 9.00. The van der Waals surface area contributed by atoms with Gasteiger partial charge in [0.2, 0.25) is 0 Å². The normalized spacial score (nSPS) is 18.0. The van der Waals surface area contributed by atoms with Crippen molar-refractivity contribution in [3.8, 4) is 0 Å². The van der Waals surface area contributed by atoms with Crippen LogP contribution in [0.1, 0.15) is 10.4 Å². The molecule has 0 spiro atoms. The highest BCUT2D eigenvalue weighted by atomic mass is 35.5. The van der Waals surface area contributed by atoms with E-state index in [1.54, 1.807) is 0 Å². The predicted octanol–water partition coefficient (Wildman–Crippen LogP) is 1.71. The molecular weight excluding hydrogens is 317 g/mol. The average molecular weight is 322 g/mol. The monoisotopic (exact) mass is 321 g/mol. The van der Waals surface area contributed by atoms with Crippen molar-refractivity contribution < 1.29 is 23.1 Å². The molecule has 0 atom stereocenters. The molecule has 2 rings (SSSR count). The third-order valence-electron chi connectivity index (χ3n) is 2.36. The van der Waals surface area contributed by atoms with Crippen LogP contribution >= 0.6 is 23.2 Å². The quantitative estimate of drug-likeness (QED) is 0.895. The number of carbonyl (C=O) groups excluding carboxylic acids is 1. The van der Waals surface area contributed by atoms with Crippen LogP contribution in [0.4, 0.5) is 5.69 Å². The predicted molar refractivity (Wildman–Crippen MR) is 68.5 cm³/mol. The summed E-state index contributed by atoms with van der Waals surface area (Å²) in [4.78, 5) is 22.8. The van der Waals surface area contributed by atoms with Crippen molar-refractivity contribution in [3.05, 3.63) is 39.2 Å². The van der Waals surface area contributed by atoms with Crippen LogP contribution in [0.3, 0.4) is 0 Å². The zero-order chi connectivity index (χ0) is 14.4. The zero-order valence-corrected chi connectivity index (χ0v) is 11.3. The molecule has 0 radical (unpaired) electrons. The van der Waals surface area contributed by atoms with E-state index >= 15 is 0 Å². The van der Waals surface area contributed by atoms with Gasteiger partial charge in [0.15, 0.2) is 4.36 Å². The molecule has 1 aliphatic rings. The van der Waals surface area contributed by atoms with Gasteiger partial charge in [0.05, 0.1) is 11.3 Å². The number of rotatable bonds is 2. The first-order chi connectivity index (χ1) is 8.78. The van der Waals surface area contributed by atoms with Crippen molar-refractivity contribution in [2.24, 2.45) is 0 Å². The van der Waals surface area contributed by atoms with Crippen LogP contribution in [0.25, 0.3) is 0 Å². The summed E-state index contributed by atoms with van der Waals surface area (Å²) in [5.74, 6) is -2.46. The number of halogens is 2. The lowest BCUT2D eigenvalue weighted by Crippen LogP contribution is -2.32. The van der Waals surface area contributed by atoms with Gasteiger partial charge in [-0.2, -0.15) is 12.7 Å². The standard InChI is InChI=1S/C10H5Cl2NO5S/c11-7-8(12)19(17,18)13(9(7)14)6-4-2-1-3-5(6)10(15)16/h1-4H,(H,15,16). The molecule has 1 heterocycles. The molecule has 9 heteroatoms. The lowest BCUT2D eigenvalue weighted by molar-refractivity contribution is -0.113. The SMILES string of the molecule is O=C(O)c1ccccc1N1C(=O)C(Cl)=C(Cl)S1(=O)=O. The maximum Gasteiger partial charge on any atom is 0.337 e. The van der Waals surface area contributed by atoms with Gasteiger partial charge in [-0.15, -0.1) is 0 Å². The van der Waals surface area contributed by atoms with Crippen LogP contribution in [0.2, 0.25) is 0 Å². The molecule has 1 N–H and O–H groups in total. The molecule has 0 aliphatic carbocycles.